The van der Waals surface area contributed by atoms with Crippen LogP contribution in [0.2, 0.25) is 5.02 Å². The first-order valence-corrected chi connectivity index (χ1v) is 11.0. The largest absolute Gasteiger partial charge is 0.365 e. The van der Waals surface area contributed by atoms with Gasteiger partial charge in [0.1, 0.15) is 11.2 Å². The Labute approximate surface area is 199 Å². The van der Waals surface area contributed by atoms with Crippen LogP contribution >= 0.6 is 11.6 Å². The molecular formula is C24H20ClN7O2. The molecule has 170 valence electrons. The summed E-state index contributed by atoms with van der Waals surface area (Å²) in [5.74, 6) is -0.682. The zero-order chi connectivity index (χ0) is 24.0. The van der Waals surface area contributed by atoms with Gasteiger partial charge in [-0.15, -0.1) is 0 Å². The van der Waals surface area contributed by atoms with E-state index in [2.05, 4.69) is 20.1 Å². The molecule has 0 radical (unpaired) electrons. The second kappa shape index (κ2) is 8.32. The minimum absolute atomic E-state index is 0.0709. The molecule has 3 N–H and O–H groups in total. The Morgan fingerprint density at radius 3 is 2.71 bits per heavy atom. The van der Waals surface area contributed by atoms with Crippen molar-refractivity contribution in [2.24, 2.45) is 5.73 Å². The van der Waals surface area contributed by atoms with Crippen molar-refractivity contribution in [3.63, 3.8) is 0 Å². The number of carbonyl (C=O) groups excluding carboxylic acids is 2. The van der Waals surface area contributed by atoms with Crippen molar-refractivity contribution < 1.29 is 9.59 Å². The summed E-state index contributed by atoms with van der Waals surface area (Å²) in [5, 5.41) is 13.1. The number of carbonyl (C=O) groups is 2. The van der Waals surface area contributed by atoms with Crippen LogP contribution < -0.4 is 5.73 Å². The summed E-state index contributed by atoms with van der Waals surface area (Å²) in [7, 11) is 0. The van der Waals surface area contributed by atoms with Gasteiger partial charge in [0.15, 0.2) is 5.69 Å². The predicted molar refractivity (Wildman–Crippen MR) is 127 cm³/mol. The van der Waals surface area contributed by atoms with Crippen molar-refractivity contribution in [3.05, 3.63) is 75.4 Å². The Morgan fingerprint density at radius 1 is 1.24 bits per heavy atom. The number of halogens is 1. The molecule has 34 heavy (non-hydrogen) atoms. The number of rotatable bonds is 4. The molecule has 0 saturated heterocycles. The molecule has 9 nitrogen and oxygen atoms in total. The van der Waals surface area contributed by atoms with Crippen molar-refractivity contribution >= 4 is 40.0 Å². The quantitative estimate of drug-likeness (QED) is 0.440. The zero-order valence-electron chi connectivity index (χ0n) is 18.3. The molecule has 2 aromatic heterocycles. The Kier molecular flexibility index (Phi) is 5.30. The fraction of sp³-hybridized carbons (Fsp3) is 0.208. The van der Waals surface area contributed by atoms with E-state index in [1.807, 2.05) is 13.0 Å². The average Bonchev–Trinajstić information content (AvgIpc) is 3.40. The lowest BCUT2D eigenvalue weighted by atomic mass is 10.0. The molecule has 3 heterocycles. The van der Waals surface area contributed by atoms with Crippen molar-refractivity contribution in [1.82, 2.24) is 24.9 Å². The lowest BCUT2D eigenvalue weighted by molar-refractivity contribution is -0.132. The SMILES string of the molecule is [C-]#[N+]c1ccc(CC(=O)N2CCn3nc(-c4cc(Cl)c5n[nH]c(C)c5c4)c(C(N)=O)c3C2)cc1. The van der Waals surface area contributed by atoms with Gasteiger partial charge in [-0.25, -0.2) is 4.85 Å². The molecule has 0 atom stereocenters. The molecule has 0 bridgehead atoms. The van der Waals surface area contributed by atoms with E-state index >= 15 is 0 Å². The van der Waals surface area contributed by atoms with E-state index in [4.69, 9.17) is 23.9 Å². The number of hydrogen-bond acceptors (Lipinski definition) is 4. The number of fused-ring (bicyclic) bond motifs is 2. The van der Waals surface area contributed by atoms with Crippen LogP contribution in [0.3, 0.4) is 0 Å². The Bertz CT molecular complexity index is 1490. The third-order valence-electron chi connectivity index (χ3n) is 6.08. The number of hydrogen-bond donors (Lipinski definition) is 2. The van der Waals surface area contributed by atoms with E-state index in [0.29, 0.717) is 46.3 Å². The zero-order valence-corrected chi connectivity index (χ0v) is 19.1. The highest BCUT2D eigenvalue weighted by atomic mass is 35.5. The Balaban J connectivity index is 1.47. The van der Waals surface area contributed by atoms with Crippen LogP contribution in [-0.4, -0.2) is 43.2 Å². The Morgan fingerprint density at radius 2 is 2.00 bits per heavy atom. The highest BCUT2D eigenvalue weighted by Gasteiger charge is 2.30. The minimum Gasteiger partial charge on any atom is -0.365 e. The van der Waals surface area contributed by atoms with Crippen molar-refractivity contribution in [2.45, 2.75) is 26.4 Å². The highest BCUT2D eigenvalue weighted by Crippen LogP contribution is 2.34. The number of benzene rings is 2. The summed E-state index contributed by atoms with van der Waals surface area (Å²) in [6.45, 7) is 10.1. The molecule has 0 unspecified atom stereocenters. The minimum atomic E-state index is -0.611. The van der Waals surface area contributed by atoms with Crippen molar-refractivity contribution in [2.75, 3.05) is 6.54 Å². The lowest BCUT2D eigenvalue weighted by Gasteiger charge is -2.28. The van der Waals surface area contributed by atoms with Gasteiger partial charge < -0.3 is 10.6 Å². The third-order valence-corrected chi connectivity index (χ3v) is 6.36. The summed E-state index contributed by atoms with van der Waals surface area (Å²) >= 11 is 6.44. The molecule has 1 aliphatic rings. The number of nitrogens with two attached hydrogens (primary N) is 1. The summed E-state index contributed by atoms with van der Waals surface area (Å²) in [6, 6.07) is 10.6. The maximum absolute atomic E-state index is 13.0. The van der Waals surface area contributed by atoms with Gasteiger partial charge in [-0.2, -0.15) is 10.2 Å². The smallest absolute Gasteiger partial charge is 0.252 e. The summed E-state index contributed by atoms with van der Waals surface area (Å²) in [6.07, 6.45) is 0.206. The number of primary amides is 1. The van der Waals surface area contributed by atoms with Crippen LogP contribution in [0.5, 0.6) is 0 Å². The molecule has 10 heteroatoms. The first-order chi connectivity index (χ1) is 16.4. The van der Waals surface area contributed by atoms with Gasteiger partial charge >= 0.3 is 0 Å². The van der Waals surface area contributed by atoms with Gasteiger partial charge in [0, 0.05) is 23.2 Å². The molecule has 0 spiro atoms. The monoisotopic (exact) mass is 473 g/mol. The molecule has 0 fully saturated rings. The number of nitrogens with one attached hydrogen (secondary N) is 1. The maximum Gasteiger partial charge on any atom is 0.252 e. The van der Waals surface area contributed by atoms with E-state index in [9.17, 15) is 9.59 Å². The number of nitrogens with zero attached hydrogens (tertiary/aromatic N) is 5. The number of aryl methyl sites for hydroxylation is 1. The first kappa shape index (κ1) is 21.7. The van der Waals surface area contributed by atoms with Gasteiger partial charge in [-0.1, -0.05) is 35.9 Å². The molecule has 5 rings (SSSR count). The van der Waals surface area contributed by atoms with Gasteiger partial charge in [-0.05, 0) is 24.6 Å². The Hall–Kier alpha value is -4.16. The molecule has 0 saturated carbocycles. The summed E-state index contributed by atoms with van der Waals surface area (Å²) in [4.78, 5) is 30.6. The molecule has 2 amide bonds. The maximum atomic E-state index is 13.0. The van der Waals surface area contributed by atoms with E-state index in [0.717, 1.165) is 16.6 Å². The standard InChI is InChI=1S/C24H20ClN7O2/c1-13-17-10-15(11-18(25)23(17)29-28-13)22-21(24(26)34)19-12-31(7-8-32(19)30-22)20(33)9-14-3-5-16(27-2)6-4-14/h3-6,10-11H,7-9,12H2,1H3,(H2,26,34)(H,28,29). The topological polar surface area (TPSA) is 114 Å². The van der Waals surface area contributed by atoms with Gasteiger partial charge in [0.2, 0.25) is 5.91 Å². The second-order valence-corrected chi connectivity index (χ2v) is 8.64. The number of aromatic amines is 1. The molecule has 2 aromatic carbocycles. The second-order valence-electron chi connectivity index (χ2n) is 8.23. The normalized spacial score (nSPS) is 13.0. The number of amides is 2. The predicted octanol–water partition coefficient (Wildman–Crippen LogP) is 3.62. The lowest BCUT2D eigenvalue weighted by Crippen LogP contribution is -2.40. The highest BCUT2D eigenvalue weighted by molar-refractivity contribution is 6.35. The number of H-pyrrole nitrogens is 1. The number of aromatic nitrogens is 4. The average molecular weight is 474 g/mol. The van der Waals surface area contributed by atoms with Crippen molar-refractivity contribution in [3.8, 4) is 11.3 Å². The summed E-state index contributed by atoms with van der Waals surface area (Å²) in [5.41, 5.74) is 10.6. The van der Waals surface area contributed by atoms with E-state index in [1.54, 1.807) is 39.9 Å². The molecule has 0 aliphatic carbocycles. The van der Waals surface area contributed by atoms with E-state index < -0.39 is 5.91 Å². The van der Waals surface area contributed by atoms with E-state index in [-0.39, 0.29) is 24.4 Å². The molecule has 1 aliphatic heterocycles. The van der Waals surface area contributed by atoms with Gasteiger partial charge in [-0.3, -0.25) is 19.4 Å². The summed E-state index contributed by atoms with van der Waals surface area (Å²) < 4.78 is 1.74. The van der Waals surface area contributed by atoms with Crippen LogP contribution in [0.15, 0.2) is 36.4 Å². The molecule has 4 aromatic rings. The van der Waals surface area contributed by atoms with Crippen molar-refractivity contribution in [1.29, 1.82) is 0 Å². The van der Waals surface area contributed by atoms with Crippen LogP contribution in [-0.2, 0) is 24.3 Å². The van der Waals surface area contributed by atoms with Gasteiger partial charge in [0.05, 0.1) is 42.4 Å². The van der Waals surface area contributed by atoms with Gasteiger partial charge in [0.25, 0.3) is 5.91 Å². The van der Waals surface area contributed by atoms with Crippen LogP contribution in [0, 0.1) is 13.5 Å². The fourth-order valence-electron chi connectivity index (χ4n) is 4.30. The fourth-order valence-corrected chi connectivity index (χ4v) is 4.56. The third kappa shape index (κ3) is 3.68. The first-order valence-electron chi connectivity index (χ1n) is 10.6. The van der Waals surface area contributed by atoms with Crippen LogP contribution in [0.4, 0.5) is 5.69 Å². The van der Waals surface area contributed by atoms with Crippen LogP contribution in [0.1, 0.15) is 27.3 Å². The van der Waals surface area contributed by atoms with Crippen LogP contribution in [0.25, 0.3) is 27.0 Å². The molecular weight excluding hydrogens is 454 g/mol. The van der Waals surface area contributed by atoms with E-state index in [1.165, 1.54) is 0 Å².